The molecule has 0 aliphatic carbocycles. The molecular weight excluding hydrogens is 380 g/mol. The van der Waals surface area contributed by atoms with Gasteiger partial charge in [-0.2, -0.15) is 0 Å². The van der Waals surface area contributed by atoms with Gasteiger partial charge in [-0.1, -0.05) is 0 Å². The van der Waals surface area contributed by atoms with Crippen LogP contribution in [0.1, 0.15) is 60.4 Å². The molecule has 0 unspecified atom stereocenters. The molecule has 8 nitrogen and oxygen atoms in total. The Kier molecular flexibility index (Phi) is 6.11. The van der Waals surface area contributed by atoms with Crippen molar-refractivity contribution in [1.29, 1.82) is 0 Å². The number of carbonyl (C=O) groups is 2. The van der Waals surface area contributed by atoms with Gasteiger partial charge in [0, 0.05) is 44.8 Å². The summed E-state index contributed by atoms with van der Waals surface area (Å²) in [5.41, 5.74) is 2.54. The maximum atomic E-state index is 12.8. The lowest BCUT2D eigenvalue weighted by atomic mass is 10.1. The number of likely N-dealkylation sites (tertiary alicyclic amines) is 1. The third-order valence-electron chi connectivity index (χ3n) is 5.89. The first kappa shape index (κ1) is 20.5. The summed E-state index contributed by atoms with van der Waals surface area (Å²) in [6, 6.07) is 2.04. The van der Waals surface area contributed by atoms with Crippen LogP contribution < -0.4 is 10.2 Å². The topological polar surface area (TPSA) is 91.3 Å². The third kappa shape index (κ3) is 4.37. The number of fused-ring (bicyclic) bond motifs is 1. The van der Waals surface area contributed by atoms with E-state index in [9.17, 15) is 9.59 Å². The predicted octanol–water partition coefficient (Wildman–Crippen LogP) is 2.37. The molecule has 2 fully saturated rings. The molecule has 2 aromatic heterocycles. The number of pyridine rings is 1. The van der Waals surface area contributed by atoms with E-state index in [1.54, 1.807) is 0 Å². The van der Waals surface area contributed by atoms with E-state index in [0.717, 1.165) is 67.8 Å². The van der Waals surface area contributed by atoms with Crippen molar-refractivity contribution in [2.75, 3.05) is 37.6 Å². The molecule has 2 saturated heterocycles. The van der Waals surface area contributed by atoms with Gasteiger partial charge in [0.25, 0.3) is 5.91 Å². The molecule has 0 saturated carbocycles. The van der Waals surface area contributed by atoms with Gasteiger partial charge >= 0.3 is 0 Å². The lowest BCUT2D eigenvalue weighted by Gasteiger charge is -2.29. The van der Waals surface area contributed by atoms with Crippen LogP contribution in [0.5, 0.6) is 0 Å². The maximum absolute atomic E-state index is 12.8. The van der Waals surface area contributed by atoms with E-state index in [4.69, 9.17) is 0 Å². The van der Waals surface area contributed by atoms with Crippen LogP contribution in [0, 0.1) is 13.8 Å². The average Bonchev–Trinajstić information content (AvgIpc) is 3.15. The Balaban J connectivity index is 1.52. The number of hydrogen-bond donors (Lipinski definition) is 1. The van der Waals surface area contributed by atoms with Crippen molar-refractivity contribution in [1.82, 2.24) is 25.2 Å². The van der Waals surface area contributed by atoms with E-state index >= 15 is 0 Å². The summed E-state index contributed by atoms with van der Waals surface area (Å²) in [7, 11) is 0. The predicted molar refractivity (Wildman–Crippen MR) is 116 cm³/mol. The van der Waals surface area contributed by atoms with Gasteiger partial charge in [-0.3, -0.25) is 9.59 Å². The highest BCUT2D eigenvalue weighted by Crippen LogP contribution is 2.28. The second-order valence-electron chi connectivity index (χ2n) is 8.29. The number of nitrogens with zero attached hydrogens (tertiary/aromatic N) is 5. The second-order valence-corrected chi connectivity index (χ2v) is 8.29. The van der Waals surface area contributed by atoms with Crippen LogP contribution in [-0.2, 0) is 4.79 Å². The van der Waals surface area contributed by atoms with Gasteiger partial charge in [0.05, 0.1) is 5.39 Å². The minimum atomic E-state index is -0.288. The number of nitrogens with one attached hydrogen (secondary N) is 1. The van der Waals surface area contributed by atoms with Crippen LogP contribution >= 0.6 is 0 Å². The van der Waals surface area contributed by atoms with E-state index in [2.05, 4.69) is 25.2 Å². The number of hydrogen-bond acceptors (Lipinski definition) is 6. The van der Waals surface area contributed by atoms with Gasteiger partial charge in [0.2, 0.25) is 11.7 Å². The van der Waals surface area contributed by atoms with Gasteiger partial charge in [-0.25, -0.2) is 15.0 Å². The Hall–Kier alpha value is -2.77. The highest BCUT2D eigenvalue weighted by Gasteiger charge is 2.22. The smallest absolute Gasteiger partial charge is 0.289 e. The Morgan fingerprint density at radius 1 is 1.07 bits per heavy atom. The fourth-order valence-electron chi connectivity index (χ4n) is 4.38. The Labute approximate surface area is 177 Å². The van der Waals surface area contributed by atoms with E-state index in [1.807, 2.05) is 24.8 Å². The van der Waals surface area contributed by atoms with Crippen molar-refractivity contribution in [3.05, 3.63) is 23.1 Å². The summed E-state index contributed by atoms with van der Waals surface area (Å²) < 4.78 is 0. The van der Waals surface area contributed by atoms with Crippen molar-refractivity contribution in [2.24, 2.45) is 0 Å². The summed E-state index contributed by atoms with van der Waals surface area (Å²) in [5.74, 6) is 0.904. The van der Waals surface area contributed by atoms with Crippen molar-refractivity contribution in [3.63, 3.8) is 0 Å². The van der Waals surface area contributed by atoms with Crippen molar-refractivity contribution < 1.29 is 9.59 Å². The molecule has 2 amide bonds. The molecule has 0 spiro atoms. The molecule has 4 rings (SSSR count). The summed E-state index contributed by atoms with van der Waals surface area (Å²) in [4.78, 5) is 42.4. The maximum Gasteiger partial charge on any atom is 0.289 e. The molecule has 0 bridgehead atoms. The number of anilines is 1. The van der Waals surface area contributed by atoms with Gasteiger partial charge in [-0.15, -0.1) is 0 Å². The van der Waals surface area contributed by atoms with Gasteiger partial charge in [0.1, 0.15) is 5.82 Å². The van der Waals surface area contributed by atoms with E-state index in [1.165, 1.54) is 6.42 Å². The fourth-order valence-corrected chi connectivity index (χ4v) is 4.38. The number of rotatable bonds is 6. The van der Waals surface area contributed by atoms with Crippen LogP contribution in [0.4, 0.5) is 5.82 Å². The van der Waals surface area contributed by atoms with Gasteiger partial charge < -0.3 is 15.1 Å². The zero-order chi connectivity index (χ0) is 21.1. The largest absolute Gasteiger partial charge is 0.356 e. The lowest BCUT2D eigenvalue weighted by Crippen LogP contribution is -2.33. The standard InChI is InChI=1S/C22H30N6O2/c1-15-14-16(2)24-19-18(15)21(28-10-4-3-5-11-28)26-20(25-19)22(30)23-9-7-13-27-12-6-8-17(27)29/h14H,3-13H2,1-2H3,(H,23,30). The summed E-state index contributed by atoms with van der Waals surface area (Å²) in [5, 5.41) is 3.85. The van der Waals surface area contributed by atoms with Crippen LogP contribution in [0.25, 0.3) is 11.0 Å². The van der Waals surface area contributed by atoms with Gasteiger partial charge in [-0.05, 0) is 57.6 Å². The SMILES string of the molecule is Cc1cc(C)c2c(N3CCCCC3)nc(C(=O)NCCCN3CCCC3=O)nc2n1. The van der Waals surface area contributed by atoms with E-state index in [0.29, 0.717) is 25.2 Å². The normalized spacial score (nSPS) is 17.1. The van der Waals surface area contributed by atoms with Crippen LogP contribution in [-0.4, -0.2) is 64.4 Å². The average molecular weight is 411 g/mol. The first-order chi connectivity index (χ1) is 14.5. The quantitative estimate of drug-likeness (QED) is 0.735. The van der Waals surface area contributed by atoms with Crippen LogP contribution in [0.15, 0.2) is 6.07 Å². The third-order valence-corrected chi connectivity index (χ3v) is 5.89. The lowest BCUT2D eigenvalue weighted by molar-refractivity contribution is -0.127. The zero-order valence-electron chi connectivity index (χ0n) is 17.9. The molecule has 2 aliphatic rings. The second kappa shape index (κ2) is 8.93. The van der Waals surface area contributed by atoms with Crippen molar-refractivity contribution in [3.8, 4) is 0 Å². The minimum absolute atomic E-state index is 0.165. The Morgan fingerprint density at radius 2 is 1.87 bits per heavy atom. The van der Waals surface area contributed by atoms with Gasteiger partial charge in [0.15, 0.2) is 5.65 Å². The molecule has 160 valence electrons. The summed E-state index contributed by atoms with van der Waals surface area (Å²) in [6.45, 7) is 7.85. The molecule has 2 aromatic rings. The number of carbonyl (C=O) groups excluding carboxylic acids is 2. The molecule has 2 aliphatic heterocycles. The molecule has 30 heavy (non-hydrogen) atoms. The molecule has 0 atom stereocenters. The molecule has 4 heterocycles. The van der Waals surface area contributed by atoms with Crippen molar-refractivity contribution in [2.45, 2.75) is 52.4 Å². The monoisotopic (exact) mass is 410 g/mol. The van der Waals surface area contributed by atoms with Crippen LogP contribution in [0.3, 0.4) is 0 Å². The molecule has 0 radical (unpaired) electrons. The minimum Gasteiger partial charge on any atom is -0.356 e. The van der Waals surface area contributed by atoms with E-state index in [-0.39, 0.29) is 17.6 Å². The number of amides is 2. The summed E-state index contributed by atoms with van der Waals surface area (Å²) in [6.07, 6.45) is 5.77. The first-order valence-electron chi connectivity index (χ1n) is 11.0. The van der Waals surface area contributed by atoms with Crippen LogP contribution in [0.2, 0.25) is 0 Å². The fraction of sp³-hybridized carbons (Fsp3) is 0.591. The molecular formula is C22H30N6O2. The summed E-state index contributed by atoms with van der Waals surface area (Å²) >= 11 is 0. The highest BCUT2D eigenvalue weighted by molar-refractivity contribution is 5.96. The number of aromatic nitrogens is 3. The van der Waals surface area contributed by atoms with E-state index < -0.39 is 0 Å². The highest BCUT2D eigenvalue weighted by atomic mass is 16.2. The first-order valence-corrected chi connectivity index (χ1v) is 11.0. The van der Waals surface area contributed by atoms with Crippen molar-refractivity contribution >= 4 is 28.7 Å². The zero-order valence-corrected chi connectivity index (χ0v) is 17.9. The molecule has 0 aromatic carbocycles. The molecule has 8 heteroatoms. The Bertz CT molecular complexity index is 954. The molecule has 1 N–H and O–H groups in total. The Morgan fingerprint density at radius 3 is 2.60 bits per heavy atom. The number of aryl methyl sites for hydroxylation is 2. The number of piperidine rings is 1.